The Morgan fingerprint density at radius 3 is 2.29 bits per heavy atom. The number of nitrogens with zero attached hydrogens (tertiary/aromatic N) is 2. The molecule has 0 saturated carbocycles. The second-order valence-electron chi connectivity index (χ2n) is 4.59. The molecule has 2 N–H and O–H groups in total. The highest BCUT2D eigenvalue weighted by atomic mass is 16.2. The van der Waals surface area contributed by atoms with Crippen LogP contribution in [0.1, 0.15) is 20.7 Å². The van der Waals surface area contributed by atoms with Gasteiger partial charge in [0.05, 0.1) is 5.56 Å². The number of hydrazine groups is 1. The molecule has 0 aliphatic carbocycles. The quantitative estimate of drug-likeness (QED) is 0.831. The minimum absolute atomic E-state index is 0.375. The Labute approximate surface area is 122 Å². The number of benzene rings is 1. The first-order valence-electron chi connectivity index (χ1n) is 6.36. The van der Waals surface area contributed by atoms with Gasteiger partial charge in [0.25, 0.3) is 11.8 Å². The third-order valence-corrected chi connectivity index (χ3v) is 2.84. The van der Waals surface area contributed by atoms with Crippen LogP contribution >= 0.6 is 0 Å². The fraction of sp³-hybridized carbons (Fsp3) is 0.133. The normalized spacial score (nSPS) is 9.81. The number of nitrogens with one attached hydrogen (secondary N) is 2. The fourth-order valence-corrected chi connectivity index (χ4v) is 1.68. The predicted molar refractivity (Wildman–Crippen MR) is 79.9 cm³/mol. The number of aromatic nitrogens is 1. The molecule has 0 saturated heterocycles. The zero-order valence-electron chi connectivity index (χ0n) is 11.8. The largest absolute Gasteiger partial charge is 0.378 e. The van der Waals surface area contributed by atoms with Gasteiger partial charge in [0.2, 0.25) is 0 Å². The van der Waals surface area contributed by atoms with Crippen LogP contribution < -0.4 is 15.8 Å². The molecular formula is C15H16N4O2. The summed E-state index contributed by atoms with van der Waals surface area (Å²) in [6.07, 6.45) is 3.00. The van der Waals surface area contributed by atoms with E-state index in [1.54, 1.807) is 36.5 Å². The highest BCUT2D eigenvalue weighted by molar-refractivity contribution is 5.99. The maximum Gasteiger partial charge on any atom is 0.271 e. The summed E-state index contributed by atoms with van der Waals surface area (Å²) in [7, 11) is 3.78. The van der Waals surface area contributed by atoms with E-state index in [1.807, 2.05) is 25.1 Å². The number of hydrogen-bond acceptors (Lipinski definition) is 4. The first-order chi connectivity index (χ1) is 10.1. The van der Waals surface area contributed by atoms with Gasteiger partial charge in [0.1, 0.15) is 0 Å². The van der Waals surface area contributed by atoms with Crippen molar-refractivity contribution in [2.24, 2.45) is 0 Å². The molecule has 0 bridgehead atoms. The molecule has 21 heavy (non-hydrogen) atoms. The third kappa shape index (κ3) is 3.79. The smallest absolute Gasteiger partial charge is 0.271 e. The Balaban J connectivity index is 1.99. The Hall–Kier alpha value is -2.89. The van der Waals surface area contributed by atoms with Crippen molar-refractivity contribution in [2.75, 3.05) is 19.0 Å². The number of carbonyl (C=O) groups excluding carboxylic acids is 2. The van der Waals surface area contributed by atoms with Crippen LogP contribution in [-0.2, 0) is 0 Å². The van der Waals surface area contributed by atoms with Crippen LogP contribution in [0.5, 0.6) is 0 Å². The molecule has 0 fully saturated rings. The Kier molecular flexibility index (Phi) is 4.50. The zero-order valence-corrected chi connectivity index (χ0v) is 11.8. The van der Waals surface area contributed by atoms with Gasteiger partial charge in [-0.2, -0.15) is 0 Å². The van der Waals surface area contributed by atoms with Gasteiger partial charge < -0.3 is 4.90 Å². The molecule has 1 heterocycles. The Morgan fingerprint density at radius 2 is 1.67 bits per heavy atom. The number of pyridine rings is 1. The van der Waals surface area contributed by atoms with E-state index in [1.165, 1.54) is 6.20 Å². The number of rotatable bonds is 3. The van der Waals surface area contributed by atoms with E-state index in [4.69, 9.17) is 0 Å². The van der Waals surface area contributed by atoms with Crippen LogP contribution in [0.15, 0.2) is 48.8 Å². The fourth-order valence-electron chi connectivity index (χ4n) is 1.68. The van der Waals surface area contributed by atoms with E-state index in [9.17, 15) is 9.59 Å². The molecule has 2 rings (SSSR count). The highest BCUT2D eigenvalue weighted by Gasteiger charge is 2.09. The van der Waals surface area contributed by atoms with Crippen LogP contribution in [0.4, 0.5) is 5.69 Å². The molecule has 6 heteroatoms. The maximum atomic E-state index is 12.0. The van der Waals surface area contributed by atoms with Crippen molar-refractivity contribution in [1.82, 2.24) is 15.8 Å². The van der Waals surface area contributed by atoms with E-state index in [0.717, 1.165) is 5.69 Å². The molecule has 0 unspecified atom stereocenters. The van der Waals surface area contributed by atoms with Crippen molar-refractivity contribution in [2.45, 2.75) is 0 Å². The lowest BCUT2D eigenvalue weighted by molar-refractivity contribution is 0.0846. The van der Waals surface area contributed by atoms with E-state index in [2.05, 4.69) is 15.8 Å². The van der Waals surface area contributed by atoms with Crippen molar-refractivity contribution >= 4 is 17.5 Å². The van der Waals surface area contributed by atoms with E-state index < -0.39 is 5.91 Å². The molecular weight excluding hydrogens is 268 g/mol. The topological polar surface area (TPSA) is 74.3 Å². The predicted octanol–water partition coefficient (Wildman–Crippen LogP) is 1.22. The third-order valence-electron chi connectivity index (χ3n) is 2.84. The Morgan fingerprint density at radius 1 is 1.00 bits per heavy atom. The van der Waals surface area contributed by atoms with Gasteiger partial charge in [-0.25, -0.2) is 0 Å². The molecule has 108 valence electrons. The molecule has 6 nitrogen and oxygen atoms in total. The van der Waals surface area contributed by atoms with Crippen LogP contribution in [0.25, 0.3) is 0 Å². The zero-order chi connectivity index (χ0) is 15.2. The van der Waals surface area contributed by atoms with Crippen LogP contribution in [0, 0.1) is 0 Å². The van der Waals surface area contributed by atoms with Gasteiger partial charge in [-0.3, -0.25) is 25.4 Å². The average Bonchev–Trinajstić information content (AvgIpc) is 2.53. The van der Waals surface area contributed by atoms with Gasteiger partial charge >= 0.3 is 0 Å². The molecule has 0 radical (unpaired) electrons. The van der Waals surface area contributed by atoms with Gasteiger partial charge in [0, 0.05) is 37.7 Å². The van der Waals surface area contributed by atoms with Gasteiger partial charge in [-0.05, 0) is 30.3 Å². The van der Waals surface area contributed by atoms with Crippen LogP contribution in [0.3, 0.4) is 0 Å². The maximum absolute atomic E-state index is 12.0. The lowest BCUT2D eigenvalue weighted by Crippen LogP contribution is -2.41. The molecule has 2 aromatic rings. The van der Waals surface area contributed by atoms with Crippen LogP contribution in [0.2, 0.25) is 0 Å². The summed E-state index contributed by atoms with van der Waals surface area (Å²) >= 11 is 0. The summed E-state index contributed by atoms with van der Waals surface area (Å²) in [6, 6.07) is 10.4. The molecule has 0 spiro atoms. The number of anilines is 1. The number of carbonyl (C=O) groups is 2. The average molecular weight is 284 g/mol. The van der Waals surface area contributed by atoms with Crippen molar-refractivity contribution in [1.29, 1.82) is 0 Å². The Bertz CT molecular complexity index is 641. The molecule has 0 aliphatic heterocycles. The standard InChI is InChI=1S/C15H16N4O2/c1-19(2)13-7-3-5-11(9-13)14(20)17-18-15(21)12-6-4-8-16-10-12/h3-10H,1-2H3,(H,17,20)(H,18,21). The van der Waals surface area contributed by atoms with Gasteiger partial charge in [-0.15, -0.1) is 0 Å². The summed E-state index contributed by atoms with van der Waals surface area (Å²) in [5.74, 6) is -0.795. The first kappa shape index (κ1) is 14.5. The monoisotopic (exact) mass is 284 g/mol. The number of hydrogen-bond donors (Lipinski definition) is 2. The van der Waals surface area contributed by atoms with E-state index >= 15 is 0 Å². The minimum atomic E-state index is -0.416. The van der Waals surface area contributed by atoms with Crippen LogP contribution in [-0.4, -0.2) is 30.9 Å². The summed E-state index contributed by atoms with van der Waals surface area (Å²) in [5, 5.41) is 0. The first-order valence-corrected chi connectivity index (χ1v) is 6.36. The molecule has 2 amide bonds. The SMILES string of the molecule is CN(C)c1cccc(C(=O)NNC(=O)c2cccnc2)c1. The molecule has 1 aromatic carbocycles. The summed E-state index contributed by atoms with van der Waals surface area (Å²) in [4.78, 5) is 29.5. The highest BCUT2D eigenvalue weighted by Crippen LogP contribution is 2.12. The lowest BCUT2D eigenvalue weighted by Gasteiger charge is -2.13. The summed E-state index contributed by atoms with van der Waals surface area (Å²) < 4.78 is 0. The summed E-state index contributed by atoms with van der Waals surface area (Å²) in [6.45, 7) is 0. The van der Waals surface area contributed by atoms with E-state index in [-0.39, 0.29) is 5.91 Å². The molecule has 0 aliphatic rings. The second kappa shape index (κ2) is 6.51. The summed E-state index contributed by atoms with van der Waals surface area (Å²) in [5.41, 5.74) is 6.48. The van der Waals surface area contributed by atoms with Crippen molar-refractivity contribution < 1.29 is 9.59 Å². The minimum Gasteiger partial charge on any atom is -0.378 e. The van der Waals surface area contributed by atoms with Crippen molar-refractivity contribution in [3.63, 3.8) is 0 Å². The van der Waals surface area contributed by atoms with Crippen molar-refractivity contribution in [3.8, 4) is 0 Å². The second-order valence-corrected chi connectivity index (χ2v) is 4.59. The number of amides is 2. The van der Waals surface area contributed by atoms with Gasteiger partial charge in [0.15, 0.2) is 0 Å². The lowest BCUT2D eigenvalue weighted by atomic mass is 10.2. The molecule has 1 aromatic heterocycles. The van der Waals surface area contributed by atoms with Crippen molar-refractivity contribution in [3.05, 3.63) is 59.9 Å². The van der Waals surface area contributed by atoms with Gasteiger partial charge in [-0.1, -0.05) is 6.07 Å². The molecule has 0 atom stereocenters. The van der Waals surface area contributed by atoms with E-state index in [0.29, 0.717) is 11.1 Å².